The maximum atomic E-state index is 13.8. The number of amides is 1. The van der Waals surface area contributed by atoms with Crippen LogP contribution in [0.1, 0.15) is 12.0 Å². The molecular formula is C14H18FN3O2S. The van der Waals surface area contributed by atoms with Gasteiger partial charge in [-0.25, -0.2) is 4.39 Å². The van der Waals surface area contributed by atoms with Crippen molar-refractivity contribution in [2.75, 3.05) is 38.2 Å². The molecule has 1 heterocycles. The first kappa shape index (κ1) is 15.7. The summed E-state index contributed by atoms with van der Waals surface area (Å²) in [5.41, 5.74) is 6.26. The zero-order chi connectivity index (χ0) is 15.2. The third-order valence-corrected chi connectivity index (χ3v) is 3.51. The van der Waals surface area contributed by atoms with Crippen LogP contribution in [0.4, 0.5) is 10.1 Å². The van der Waals surface area contributed by atoms with Crippen molar-refractivity contribution >= 4 is 28.8 Å². The number of nitrogens with one attached hydrogen (secondary N) is 1. The van der Waals surface area contributed by atoms with Crippen LogP contribution < -0.4 is 11.1 Å². The Morgan fingerprint density at radius 3 is 2.76 bits per heavy atom. The summed E-state index contributed by atoms with van der Waals surface area (Å²) in [4.78, 5) is 13.8. The molecule has 0 radical (unpaired) electrons. The first-order valence-electron chi connectivity index (χ1n) is 6.76. The zero-order valence-corrected chi connectivity index (χ0v) is 12.4. The fraction of sp³-hybridized carbons (Fsp3) is 0.429. The van der Waals surface area contributed by atoms with E-state index in [1.807, 2.05) is 0 Å². The van der Waals surface area contributed by atoms with Crippen LogP contribution >= 0.6 is 12.2 Å². The van der Waals surface area contributed by atoms with E-state index in [1.165, 1.54) is 6.07 Å². The molecular weight excluding hydrogens is 293 g/mol. The normalized spacial score (nSPS) is 14.8. The second-order valence-corrected chi connectivity index (χ2v) is 5.17. The van der Waals surface area contributed by atoms with Gasteiger partial charge in [-0.2, -0.15) is 0 Å². The molecule has 0 bridgehead atoms. The first-order chi connectivity index (χ1) is 10.1. The Balaban J connectivity index is 1.83. The van der Waals surface area contributed by atoms with E-state index in [9.17, 15) is 9.18 Å². The van der Waals surface area contributed by atoms with Gasteiger partial charge in [0.2, 0.25) is 5.91 Å². The minimum Gasteiger partial charge on any atom is -0.389 e. The molecule has 1 saturated heterocycles. The molecule has 0 unspecified atom stereocenters. The highest BCUT2D eigenvalue weighted by atomic mass is 32.1. The minimum absolute atomic E-state index is 0.0472. The molecule has 1 amide bonds. The second kappa shape index (κ2) is 7.33. The maximum Gasteiger partial charge on any atom is 0.224 e. The molecule has 5 nitrogen and oxygen atoms in total. The average molecular weight is 311 g/mol. The van der Waals surface area contributed by atoms with Gasteiger partial charge < -0.3 is 20.7 Å². The standard InChI is InChI=1S/C14H18FN3O2S/c15-11-9-10(14(16)21)1-2-12(11)17-4-3-13(19)18-5-7-20-8-6-18/h1-2,9,17H,3-8H2,(H2,16,21). The number of nitrogens with two attached hydrogens (primary N) is 1. The SMILES string of the molecule is NC(=S)c1ccc(NCCC(=O)N2CCOCC2)c(F)c1. The Morgan fingerprint density at radius 1 is 1.43 bits per heavy atom. The summed E-state index contributed by atoms with van der Waals surface area (Å²) in [6.07, 6.45) is 0.316. The van der Waals surface area contributed by atoms with Gasteiger partial charge in [-0.3, -0.25) is 4.79 Å². The van der Waals surface area contributed by atoms with Crippen LogP contribution in [0.15, 0.2) is 18.2 Å². The number of morpholine rings is 1. The van der Waals surface area contributed by atoms with E-state index in [2.05, 4.69) is 5.32 Å². The Morgan fingerprint density at radius 2 is 2.14 bits per heavy atom. The van der Waals surface area contributed by atoms with Crippen LogP contribution in [-0.4, -0.2) is 48.6 Å². The maximum absolute atomic E-state index is 13.8. The van der Waals surface area contributed by atoms with Crippen molar-refractivity contribution in [2.45, 2.75) is 6.42 Å². The van der Waals surface area contributed by atoms with E-state index in [1.54, 1.807) is 17.0 Å². The number of ether oxygens (including phenoxy) is 1. The van der Waals surface area contributed by atoms with E-state index in [0.29, 0.717) is 50.5 Å². The largest absolute Gasteiger partial charge is 0.389 e. The van der Waals surface area contributed by atoms with Crippen LogP contribution in [0, 0.1) is 5.82 Å². The predicted octanol–water partition coefficient (Wildman–Crippen LogP) is 1.12. The van der Waals surface area contributed by atoms with E-state index in [4.69, 9.17) is 22.7 Å². The Labute approximate surface area is 128 Å². The van der Waals surface area contributed by atoms with Crippen LogP contribution in [0.5, 0.6) is 0 Å². The fourth-order valence-corrected chi connectivity index (χ4v) is 2.21. The molecule has 0 spiro atoms. The van der Waals surface area contributed by atoms with Crippen LogP contribution in [0.2, 0.25) is 0 Å². The number of carbonyl (C=O) groups is 1. The molecule has 2 rings (SSSR count). The molecule has 3 N–H and O–H groups in total. The van der Waals surface area contributed by atoms with E-state index >= 15 is 0 Å². The van der Waals surface area contributed by atoms with Crippen molar-refractivity contribution in [2.24, 2.45) is 5.73 Å². The monoisotopic (exact) mass is 311 g/mol. The lowest BCUT2D eigenvalue weighted by Crippen LogP contribution is -2.41. The van der Waals surface area contributed by atoms with Gasteiger partial charge in [-0.05, 0) is 18.2 Å². The smallest absolute Gasteiger partial charge is 0.224 e. The number of thiocarbonyl (C=S) groups is 1. The van der Waals surface area contributed by atoms with Crippen molar-refractivity contribution in [3.8, 4) is 0 Å². The molecule has 7 heteroatoms. The lowest BCUT2D eigenvalue weighted by Gasteiger charge is -2.26. The third-order valence-electron chi connectivity index (χ3n) is 3.27. The number of hydrogen-bond donors (Lipinski definition) is 2. The summed E-state index contributed by atoms with van der Waals surface area (Å²) in [5.74, 6) is -0.384. The summed E-state index contributed by atoms with van der Waals surface area (Å²) in [6, 6.07) is 4.51. The summed E-state index contributed by atoms with van der Waals surface area (Å²) in [5, 5.41) is 2.91. The zero-order valence-electron chi connectivity index (χ0n) is 11.6. The highest BCUT2D eigenvalue weighted by molar-refractivity contribution is 7.80. The molecule has 0 aliphatic carbocycles. The topological polar surface area (TPSA) is 67.6 Å². The van der Waals surface area contributed by atoms with Gasteiger partial charge in [-0.1, -0.05) is 12.2 Å². The van der Waals surface area contributed by atoms with E-state index in [0.717, 1.165) is 0 Å². The first-order valence-corrected chi connectivity index (χ1v) is 7.17. The molecule has 0 atom stereocenters. The lowest BCUT2D eigenvalue weighted by molar-refractivity contribution is -0.134. The molecule has 1 aromatic rings. The summed E-state index contributed by atoms with van der Waals surface area (Å²) >= 11 is 4.79. The molecule has 114 valence electrons. The second-order valence-electron chi connectivity index (χ2n) is 4.73. The van der Waals surface area contributed by atoms with Gasteiger partial charge in [0.1, 0.15) is 10.8 Å². The number of anilines is 1. The van der Waals surface area contributed by atoms with Crippen molar-refractivity contribution in [3.05, 3.63) is 29.6 Å². The van der Waals surface area contributed by atoms with E-state index < -0.39 is 5.82 Å². The molecule has 1 aliphatic heterocycles. The van der Waals surface area contributed by atoms with Crippen LogP contribution in [0.25, 0.3) is 0 Å². The van der Waals surface area contributed by atoms with Gasteiger partial charge in [0.25, 0.3) is 0 Å². The number of benzene rings is 1. The fourth-order valence-electron chi connectivity index (χ4n) is 2.09. The van der Waals surface area contributed by atoms with Crippen LogP contribution in [0.3, 0.4) is 0 Å². The summed E-state index contributed by atoms with van der Waals surface area (Å²) in [6.45, 7) is 2.77. The Kier molecular flexibility index (Phi) is 5.46. The highest BCUT2D eigenvalue weighted by Crippen LogP contribution is 2.16. The third kappa shape index (κ3) is 4.37. The predicted molar refractivity (Wildman–Crippen MR) is 82.8 cm³/mol. The van der Waals surface area contributed by atoms with Crippen molar-refractivity contribution < 1.29 is 13.9 Å². The molecule has 0 aromatic heterocycles. The molecule has 0 saturated carbocycles. The van der Waals surface area contributed by atoms with Crippen molar-refractivity contribution in [3.63, 3.8) is 0 Å². The number of rotatable bonds is 5. The number of nitrogens with zero attached hydrogens (tertiary/aromatic N) is 1. The van der Waals surface area contributed by atoms with Crippen molar-refractivity contribution in [1.29, 1.82) is 0 Å². The van der Waals surface area contributed by atoms with Gasteiger partial charge >= 0.3 is 0 Å². The number of hydrogen-bond acceptors (Lipinski definition) is 4. The molecule has 21 heavy (non-hydrogen) atoms. The summed E-state index contributed by atoms with van der Waals surface area (Å²) < 4.78 is 19.0. The van der Waals surface area contributed by atoms with Crippen molar-refractivity contribution in [1.82, 2.24) is 4.90 Å². The summed E-state index contributed by atoms with van der Waals surface area (Å²) in [7, 11) is 0. The van der Waals surface area contributed by atoms with E-state index in [-0.39, 0.29) is 10.9 Å². The minimum atomic E-state index is -0.431. The highest BCUT2D eigenvalue weighted by Gasteiger charge is 2.16. The molecule has 1 aromatic carbocycles. The van der Waals surface area contributed by atoms with Gasteiger partial charge in [0, 0.05) is 31.6 Å². The van der Waals surface area contributed by atoms with Gasteiger partial charge in [0.15, 0.2) is 0 Å². The molecule has 1 fully saturated rings. The lowest BCUT2D eigenvalue weighted by atomic mass is 10.2. The van der Waals surface area contributed by atoms with Crippen LogP contribution in [-0.2, 0) is 9.53 Å². The number of halogens is 1. The quantitative estimate of drug-likeness (QED) is 0.798. The number of carbonyl (C=O) groups excluding carboxylic acids is 1. The van der Waals surface area contributed by atoms with Gasteiger partial charge in [-0.15, -0.1) is 0 Å². The average Bonchev–Trinajstić information content (AvgIpc) is 2.49. The van der Waals surface area contributed by atoms with Gasteiger partial charge in [0.05, 0.1) is 18.9 Å². The molecule has 1 aliphatic rings. The Hall–Kier alpha value is -1.73. The Bertz CT molecular complexity index is 533.